The summed E-state index contributed by atoms with van der Waals surface area (Å²) in [7, 11) is 2.13. The molecule has 2 aliphatic heterocycles. The van der Waals surface area contributed by atoms with Gasteiger partial charge in [-0.3, -0.25) is 14.5 Å². The van der Waals surface area contributed by atoms with Crippen LogP contribution in [0.2, 0.25) is 0 Å². The minimum absolute atomic E-state index is 0.0969. The molecule has 0 bridgehead atoms. The summed E-state index contributed by atoms with van der Waals surface area (Å²) in [5.74, 6) is -0.992. The lowest BCUT2D eigenvalue weighted by molar-refractivity contribution is -0.140. The summed E-state index contributed by atoms with van der Waals surface area (Å²) in [4.78, 5) is 27.4. The van der Waals surface area contributed by atoms with Crippen LogP contribution in [0.4, 0.5) is 5.69 Å². The highest BCUT2D eigenvalue weighted by molar-refractivity contribution is 8.26. The van der Waals surface area contributed by atoms with E-state index in [9.17, 15) is 9.59 Å². The average molecular weight is 405 g/mol. The van der Waals surface area contributed by atoms with E-state index < -0.39 is 12.5 Å². The Morgan fingerprint density at radius 2 is 2.11 bits per heavy atom. The Morgan fingerprint density at radius 3 is 2.74 bits per heavy atom. The number of aliphatic carboxylic acids is 1. The Morgan fingerprint density at radius 1 is 1.44 bits per heavy atom. The summed E-state index contributed by atoms with van der Waals surface area (Å²) >= 11 is 6.34. The van der Waals surface area contributed by atoms with Gasteiger partial charge in [0, 0.05) is 18.3 Å². The van der Waals surface area contributed by atoms with E-state index in [1.807, 2.05) is 13.0 Å². The van der Waals surface area contributed by atoms with Crippen LogP contribution in [0.15, 0.2) is 17.0 Å². The Labute approximate surface area is 169 Å². The van der Waals surface area contributed by atoms with Crippen LogP contribution >= 0.6 is 24.0 Å². The number of carboxylic acids is 1. The molecule has 0 radical (unpaired) electrons. The molecular formula is C20H24N2O3S2. The molecule has 7 heteroatoms. The summed E-state index contributed by atoms with van der Waals surface area (Å²) in [6, 6.07) is 4.33. The van der Waals surface area contributed by atoms with Crippen molar-refractivity contribution < 1.29 is 14.7 Å². The predicted molar refractivity (Wildman–Crippen MR) is 114 cm³/mol. The Kier molecular flexibility index (Phi) is 5.12. The van der Waals surface area contributed by atoms with Gasteiger partial charge in [-0.25, -0.2) is 0 Å². The zero-order valence-corrected chi connectivity index (χ0v) is 17.8. The molecule has 1 N–H and O–H groups in total. The Bertz CT molecular complexity index is 876. The van der Waals surface area contributed by atoms with E-state index in [0.717, 1.165) is 34.2 Å². The van der Waals surface area contributed by atoms with E-state index in [-0.39, 0.29) is 11.4 Å². The van der Waals surface area contributed by atoms with E-state index in [4.69, 9.17) is 17.3 Å². The lowest BCUT2D eigenvalue weighted by atomic mass is 9.79. The first-order valence-corrected chi connectivity index (χ1v) is 10.1. The number of anilines is 1. The largest absolute Gasteiger partial charge is 0.480 e. The number of amides is 1. The number of rotatable bonds is 3. The second-order valence-corrected chi connectivity index (χ2v) is 9.58. The number of hydrogen-bond acceptors (Lipinski definition) is 5. The first kappa shape index (κ1) is 19.9. The van der Waals surface area contributed by atoms with E-state index >= 15 is 0 Å². The number of hydrogen-bond donors (Lipinski definition) is 1. The number of aryl methyl sites for hydroxylation is 1. The molecule has 3 rings (SSSR count). The number of carbonyl (C=O) groups excluding carboxylic acids is 1. The highest BCUT2D eigenvalue weighted by atomic mass is 32.2. The van der Waals surface area contributed by atoms with Crippen molar-refractivity contribution in [3.63, 3.8) is 0 Å². The number of thioether (sulfide) groups is 1. The zero-order valence-electron chi connectivity index (χ0n) is 16.2. The summed E-state index contributed by atoms with van der Waals surface area (Å²) < 4.78 is 0.291. The molecule has 144 valence electrons. The third-order valence-corrected chi connectivity index (χ3v) is 6.85. The molecule has 0 spiro atoms. The minimum Gasteiger partial charge on any atom is -0.480 e. The lowest BCUT2D eigenvalue weighted by Crippen LogP contribution is -2.45. The third kappa shape index (κ3) is 3.62. The first-order valence-electron chi connectivity index (χ1n) is 8.87. The number of fused-ring (bicyclic) bond motifs is 1. The molecule has 0 aromatic heterocycles. The molecule has 1 saturated heterocycles. The average Bonchev–Trinajstić information content (AvgIpc) is 2.81. The van der Waals surface area contributed by atoms with Gasteiger partial charge in [0.25, 0.3) is 5.91 Å². The molecule has 0 saturated carbocycles. The van der Waals surface area contributed by atoms with Crippen LogP contribution in [0.25, 0.3) is 6.08 Å². The molecular weight excluding hydrogens is 380 g/mol. The van der Waals surface area contributed by atoms with Crippen LogP contribution in [0.3, 0.4) is 0 Å². The van der Waals surface area contributed by atoms with Crippen molar-refractivity contribution in [2.24, 2.45) is 0 Å². The van der Waals surface area contributed by atoms with Crippen LogP contribution in [-0.4, -0.2) is 45.3 Å². The fourth-order valence-corrected chi connectivity index (χ4v) is 5.05. The summed E-state index contributed by atoms with van der Waals surface area (Å²) in [6.07, 6.45) is 2.89. The van der Waals surface area contributed by atoms with Crippen molar-refractivity contribution in [1.29, 1.82) is 0 Å². The molecule has 0 aliphatic carbocycles. The van der Waals surface area contributed by atoms with Crippen molar-refractivity contribution in [2.75, 3.05) is 18.5 Å². The quantitative estimate of drug-likeness (QED) is 0.607. The SMILES string of the molecule is Cc1cc2c(cc1/C=C1\SC(=S)N(CC(=O)O)C1=O)C(C)CC(C)(C)N2C. The summed E-state index contributed by atoms with van der Waals surface area (Å²) in [5, 5.41) is 8.97. The van der Waals surface area contributed by atoms with Crippen LogP contribution < -0.4 is 4.90 Å². The number of carboxylic acid groups (broad SMARTS) is 1. The maximum Gasteiger partial charge on any atom is 0.323 e. The van der Waals surface area contributed by atoms with Gasteiger partial charge in [-0.05, 0) is 68.0 Å². The zero-order chi connectivity index (χ0) is 20.1. The smallest absolute Gasteiger partial charge is 0.323 e. The summed E-state index contributed by atoms with van der Waals surface area (Å²) in [5.41, 5.74) is 4.65. The molecule has 1 aromatic carbocycles. The van der Waals surface area contributed by atoms with E-state index in [1.165, 1.54) is 11.3 Å². The van der Waals surface area contributed by atoms with Crippen LogP contribution in [0.5, 0.6) is 0 Å². The standard InChI is InChI=1S/C20H24N2O3S2/c1-11-6-15-14(12(2)9-20(3,4)21(15)5)7-13(11)8-16-18(25)22(10-17(23)24)19(26)27-16/h6-8,12H,9-10H2,1-5H3,(H,23,24)/b16-8-. The van der Waals surface area contributed by atoms with Crippen LogP contribution in [0, 0.1) is 6.92 Å². The maximum absolute atomic E-state index is 12.5. The van der Waals surface area contributed by atoms with Gasteiger partial charge in [-0.15, -0.1) is 0 Å². The third-order valence-electron chi connectivity index (χ3n) is 5.47. The molecule has 2 heterocycles. The molecule has 2 aliphatic rings. The molecule has 1 amide bonds. The monoisotopic (exact) mass is 404 g/mol. The molecule has 1 fully saturated rings. The second kappa shape index (κ2) is 6.95. The van der Waals surface area contributed by atoms with Crippen LogP contribution in [-0.2, 0) is 9.59 Å². The normalized spacial score (nSPS) is 23.1. The Balaban J connectivity index is 1.99. The van der Waals surface area contributed by atoms with Crippen molar-refractivity contribution in [3.05, 3.63) is 33.7 Å². The van der Waals surface area contributed by atoms with E-state index in [1.54, 1.807) is 0 Å². The number of thiocarbonyl (C=S) groups is 1. The molecule has 27 heavy (non-hydrogen) atoms. The molecule has 1 unspecified atom stereocenters. The highest BCUT2D eigenvalue weighted by Gasteiger charge is 2.35. The van der Waals surface area contributed by atoms with E-state index in [2.05, 4.69) is 44.9 Å². The first-order chi connectivity index (χ1) is 12.5. The predicted octanol–water partition coefficient (Wildman–Crippen LogP) is 4.00. The summed E-state index contributed by atoms with van der Waals surface area (Å²) in [6.45, 7) is 8.37. The fraction of sp³-hybridized carbons (Fsp3) is 0.450. The molecule has 1 aromatic rings. The lowest BCUT2D eigenvalue weighted by Gasteiger charge is -2.45. The molecule has 1 atom stereocenters. The Hall–Kier alpha value is -1.86. The van der Waals surface area contributed by atoms with Gasteiger partial charge in [-0.2, -0.15) is 0 Å². The van der Waals surface area contributed by atoms with Gasteiger partial charge in [0.15, 0.2) is 0 Å². The van der Waals surface area contributed by atoms with Gasteiger partial charge in [0.1, 0.15) is 10.9 Å². The van der Waals surface area contributed by atoms with Crippen LogP contribution in [0.1, 0.15) is 49.8 Å². The van der Waals surface area contributed by atoms with Gasteiger partial charge in [0.2, 0.25) is 0 Å². The number of benzene rings is 1. The minimum atomic E-state index is -1.07. The van der Waals surface area contributed by atoms with Crippen molar-refractivity contribution in [3.8, 4) is 0 Å². The fourth-order valence-electron chi connectivity index (χ4n) is 3.80. The number of carbonyl (C=O) groups is 2. The highest BCUT2D eigenvalue weighted by Crippen LogP contribution is 2.44. The van der Waals surface area contributed by atoms with Crippen molar-refractivity contribution in [2.45, 2.75) is 45.6 Å². The maximum atomic E-state index is 12.5. The van der Waals surface area contributed by atoms with Crippen molar-refractivity contribution in [1.82, 2.24) is 4.90 Å². The topological polar surface area (TPSA) is 60.9 Å². The van der Waals surface area contributed by atoms with Gasteiger partial charge < -0.3 is 10.0 Å². The molecule has 5 nitrogen and oxygen atoms in total. The second-order valence-electron chi connectivity index (χ2n) is 7.91. The van der Waals surface area contributed by atoms with Gasteiger partial charge in [-0.1, -0.05) is 30.9 Å². The van der Waals surface area contributed by atoms with E-state index in [0.29, 0.717) is 15.1 Å². The van der Waals surface area contributed by atoms with Crippen molar-refractivity contribution >= 4 is 51.9 Å². The van der Waals surface area contributed by atoms with Gasteiger partial charge in [0.05, 0.1) is 4.91 Å². The van der Waals surface area contributed by atoms with Gasteiger partial charge >= 0.3 is 5.97 Å². The number of nitrogens with zero attached hydrogens (tertiary/aromatic N) is 2.